The Kier molecular flexibility index (Phi) is 9.18. The summed E-state index contributed by atoms with van der Waals surface area (Å²) in [5.41, 5.74) is 2.95. The molecule has 38 heavy (non-hydrogen) atoms. The summed E-state index contributed by atoms with van der Waals surface area (Å²) in [5.74, 6) is 0.275. The molecule has 1 N–H and O–H groups in total. The number of ether oxygens (including phenoxy) is 1. The minimum Gasteiger partial charge on any atom is -0.493 e. The topological polar surface area (TPSA) is 79.0 Å². The van der Waals surface area contributed by atoms with Crippen molar-refractivity contribution >= 4 is 30.1 Å². The first-order chi connectivity index (χ1) is 18.3. The Labute approximate surface area is 228 Å². The Morgan fingerprint density at radius 1 is 1.24 bits per heavy atom. The third kappa shape index (κ3) is 5.92. The van der Waals surface area contributed by atoms with Gasteiger partial charge in [0, 0.05) is 59.2 Å². The number of aldehydes is 2. The highest BCUT2D eigenvalue weighted by Gasteiger charge is 2.42. The number of nitrogens with one attached hydrogen (secondary N) is 1. The fraction of sp³-hybridized carbons (Fsp3) is 0.483. The number of hydrogen-bond acceptors (Lipinski definition) is 6. The van der Waals surface area contributed by atoms with Crippen LogP contribution >= 0.6 is 11.6 Å². The van der Waals surface area contributed by atoms with E-state index in [1.807, 2.05) is 24.1 Å². The molecule has 1 fully saturated rings. The number of amides is 1. The summed E-state index contributed by atoms with van der Waals surface area (Å²) in [6.07, 6.45) is 4.97. The van der Waals surface area contributed by atoms with Crippen molar-refractivity contribution in [1.29, 1.82) is 0 Å². The van der Waals surface area contributed by atoms with Gasteiger partial charge in [-0.05, 0) is 58.0 Å². The van der Waals surface area contributed by atoms with E-state index >= 15 is 0 Å². The van der Waals surface area contributed by atoms with Gasteiger partial charge in [0.1, 0.15) is 17.9 Å². The van der Waals surface area contributed by atoms with Gasteiger partial charge in [-0.15, -0.1) is 0 Å². The van der Waals surface area contributed by atoms with Crippen LogP contribution in [0.1, 0.15) is 59.2 Å². The first-order valence-corrected chi connectivity index (χ1v) is 13.5. The molecule has 2 aromatic carbocycles. The minimum atomic E-state index is -0.505. The molecule has 1 amide bonds. The summed E-state index contributed by atoms with van der Waals surface area (Å²) < 4.78 is 20.6. The summed E-state index contributed by atoms with van der Waals surface area (Å²) in [5, 5.41) is 3.07. The molecule has 0 radical (unpaired) electrons. The SMILES string of the molecule is CNC(=O)C(CCC=O)N(C)Cc1c(C=O)ccc2c1OCCC21CCN(Cc2ccc(Cl)cc2F)CC1. The predicted molar refractivity (Wildman–Crippen MR) is 144 cm³/mol. The van der Waals surface area contributed by atoms with Crippen LogP contribution in [0.5, 0.6) is 5.75 Å². The Hall–Kier alpha value is -2.81. The fourth-order valence-electron chi connectivity index (χ4n) is 5.84. The molecule has 1 unspecified atom stereocenters. The smallest absolute Gasteiger partial charge is 0.237 e. The zero-order valence-corrected chi connectivity index (χ0v) is 22.7. The van der Waals surface area contributed by atoms with Crippen molar-refractivity contribution in [2.45, 2.75) is 56.7 Å². The minimum absolute atomic E-state index is 0.0882. The molecule has 4 rings (SSSR count). The highest BCUT2D eigenvalue weighted by molar-refractivity contribution is 6.30. The Bertz CT molecular complexity index is 1180. The highest BCUT2D eigenvalue weighted by atomic mass is 35.5. The lowest BCUT2D eigenvalue weighted by Gasteiger charge is -2.46. The number of likely N-dealkylation sites (tertiary alicyclic amines) is 1. The molecular weight excluding hydrogens is 509 g/mol. The first kappa shape index (κ1) is 28.2. The number of carbonyl (C=O) groups excluding carboxylic acids is 3. The molecule has 2 aliphatic heterocycles. The van der Waals surface area contributed by atoms with Crippen molar-refractivity contribution in [3.8, 4) is 5.75 Å². The molecule has 0 saturated carbocycles. The molecule has 0 aliphatic carbocycles. The van der Waals surface area contributed by atoms with E-state index in [0.29, 0.717) is 42.3 Å². The lowest BCUT2D eigenvalue weighted by molar-refractivity contribution is -0.126. The van der Waals surface area contributed by atoms with Crippen LogP contribution in [0.3, 0.4) is 0 Å². The van der Waals surface area contributed by atoms with Gasteiger partial charge in [0.15, 0.2) is 6.29 Å². The molecule has 9 heteroatoms. The molecule has 7 nitrogen and oxygen atoms in total. The average Bonchev–Trinajstić information content (AvgIpc) is 2.92. The summed E-state index contributed by atoms with van der Waals surface area (Å²) in [4.78, 5) is 39.7. The van der Waals surface area contributed by atoms with Gasteiger partial charge in [0.25, 0.3) is 0 Å². The summed E-state index contributed by atoms with van der Waals surface area (Å²) in [7, 11) is 3.40. The van der Waals surface area contributed by atoms with Crippen molar-refractivity contribution in [2.24, 2.45) is 0 Å². The molecule has 0 bridgehead atoms. The molecule has 2 aromatic rings. The Morgan fingerprint density at radius 2 is 2.00 bits per heavy atom. The molecule has 2 heterocycles. The van der Waals surface area contributed by atoms with E-state index < -0.39 is 6.04 Å². The third-order valence-corrected chi connectivity index (χ3v) is 8.33. The zero-order chi connectivity index (χ0) is 27.3. The van der Waals surface area contributed by atoms with Crippen LogP contribution in [-0.4, -0.2) is 68.1 Å². The Balaban J connectivity index is 1.56. The van der Waals surface area contributed by atoms with Gasteiger partial charge in [-0.3, -0.25) is 19.4 Å². The largest absolute Gasteiger partial charge is 0.493 e. The average molecular weight is 544 g/mol. The molecule has 2 aliphatic rings. The van der Waals surface area contributed by atoms with Crippen LogP contribution in [0.25, 0.3) is 0 Å². The fourth-order valence-corrected chi connectivity index (χ4v) is 5.99. The van der Waals surface area contributed by atoms with Gasteiger partial charge < -0.3 is 14.8 Å². The van der Waals surface area contributed by atoms with Crippen molar-refractivity contribution in [2.75, 3.05) is 33.8 Å². The van der Waals surface area contributed by atoms with Gasteiger partial charge in [-0.1, -0.05) is 29.8 Å². The van der Waals surface area contributed by atoms with E-state index in [-0.39, 0.29) is 23.6 Å². The number of hydrogen-bond donors (Lipinski definition) is 1. The first-order valence-electron chi connectivity index (χ1n) is 13.1. The maximum Gasteiger partial charge on any atom is 0.237 e. The Morgan fingerprint density at radius 3 is 2.66 bits per heavy atom. The second-order valence-corrected chi connectivity index (χ2v) is 10.7. The van der Waals surface area contributed by atoms with Gasteiger partial charge in [0.2, 0.25) is 5.91 Å². The van der Waals surface area contributed by atoms with Crippen molar-refractivity contribution in [3.63, 3.8) is 0 Å². The van der Waals surface area contributed by atoms with E-state index in [0.717, 1.165) is 61.8 Å². The van der Waals surface area contributed by atoms with Crippen LogP contribution in [0.2, 0.25) is 5.02 Å². The summed E-state index contributed by atoms with van der Waals surface area (Å²) >= 11 is 5.91. The van der Waals surface area contributed by atoms with Crippen LogP contribution in [0, 0.1) is 5.82 Å². The zero-order valence-electron chi connectivity index (χ0n) is 22.0. The van der Waals surface area contributed by atoms with E-state index in [2.05, 4.69) is 10.2 Å². The van der Waals surface area contributed by atoms with Crippen LogP contribution in [0.15, 0.2) is 30.3 Å². The molecule has 1 atom stereocenters. The third-order valence-electron chi connectivity index (χ3n) is 8.09. The van der Waals surface area contributed by atoms with Gasteiger partial charge >= 0.3 is 0 Å². The van der Waals surface area contributed by atoms with Crippen LogP contribution in [-0.2, 0) is 28.1 Å². The van der Waals surface area contributed by atoms with Crippen LogP contribution in [0.4, 0.5) is 4.39 Å². The number of fused-ring (bicyclic) bond motifs is 2. The number of halogens is 2. The standard InChI is InChI=1S/C29H35ClFN3O4/c1-32-28(37)26(4-3-14-35)33(2)18-23-21(19-36)6-8-24-27(23)38-15-11-29(24)9-12-34(13-10-29)17-20-5-7-22(30)16-25(20)31/h5-8,14,16,19,26H,3-4,9-13,15,17-18H2,1-2H3,(H,32,37). The monoisotopic (exact) mass is 543 g/mol. The van der Waals surface area contributed by atoms with Gasteiger partial charge in [0.05, 0.1) is 12.6 Å². The number of piperidine rings is 1. The molecule has 0 aromatic heterocycles. The summed E-state index contributed by atoms with van der Waals surface area (Å²) in [6, 6.07) is 8.18. The van der Waals surface area contributed by atoms with E-state index in [9.17, 15) is 18.8 Å². The lowest BCUT2D eigenvalue weighted by Crippen LogP contribution is -2.45. The number of rotatable bonds is 10. The number of carbonyl (C=O) groups is 3. The van der Waals surface area contributed by atoms with Gasteiger partial charge in [-0.2, -0.15) is 0 Å². The number of likely N-dealkylation sites (N-methyl/N-ethyl adjacent to an activating group) is 2. The second-order valence-electron chi connectivity index (χ2n) is 10.3. The van der Waals surface area contributed by atoms with E-state index in [1.54, 1.807) is 19.2 Å². The lowest BCUT2D eigenvalue weighted by atomic mass is 9.68. The number of nitrogens with zero attached hydrogens (tertiary/aromatic N) is 2. The molecule has 1 spiro atoms. The summed E-state index contributed by atoms with van der Waals surface area (Å²) in [6.45, 7) is 3.05. The maximum absolute atomic E-state index is 14.4. The van der Waals surface area contributed by atoms with Crippen molar-refractivity contribution < 1.29 is 23.5 Å². The molecular formula is C29H35ClFN3O4. The van der Waals surface area contributed by atoms with Crippen LogP contribution < -0.4 is 10.1 Å². The van der Waals surface area contributed by atoms with E-state index in [1.165, 1.54) is 6.07 Å². The van der Waals surface area contributed by atoms with E-state index in [4.69, 9.17) is 16.3 Å². The number of benzene rings is 2. The quantitative estimate of drug-likeness (QED) is 0.454. The van der Waals surface area contributed by atoms with Crippen molar-refractivity contribution in [1.82, 2.24) is 15.1 Å². The van der Waals surface area contributed by atoms with Gasteiger partial charge in [-0.25, -0.2) is 4.39 Å². The molecule has 1 saturated heterocycles. The highest BCUT2D eigenvalue weighted by Crippen LogP contribution is 2.48. The normalized spacial score (nSPS) is 17.5. The van der Waals surface area contributed by atoms with Crippen molar-refractivity contribution in [3.05, 3.63) is 63.4 Å². The predicted octanol–water partition coefficient (Wildman–Crippen LogP) is 4.13. The molecule has 204 valence electrons. The maximum atomic E-state index is 14.4. The second kappa shape index (κ2) is 12.4.